The fourth-order valence-electron chi connectivity index (χ4n) is 2.76. The number of carbonyl (C=O) groups is 2. The van der Waals surface area contributed by atoms with Crippen molar-refractivity contribution in [2.24, 2.45) is 0 Å². The molecule has 0 radical (unpaired) electrons. The Labute approximate surface area is 154 Å². The average molecular weight is 373 g/mol. The number of carbonyl (C=O) groups excluding carboxylic acids is 2. The molecule has 1 aliphatic rings. The smallest absolute Gasteiger partial charge is 0.337 e. The molecule has 0 bridgehead atoms. The SMILES string of the molecule is CCc1cc(=O)n2c(n1)SCC2CC(=O)Nc1ccc(C(=O)OC)cc1. The lowest BCUT2D eigenvalue weighted by Crippen LogP contribution is -2.27. The number of esters is 1. The van der Waals surface area contributed by atoms with E-state index in [2.05, 4.69) is 15.0 Å². The summed E-state index contributed by atoms with van der Waals surface area (Å²) in [5.41, 5.74) is 1.65. The van der Waals surface area contributed by atoms with E-state index in [9.17, 15) is 14.4 Å². The second-order valence-corrected chi connectivity index (χ2v) is 6.87. The van der Waals surface area contributed by atoms with Crippen LogP contribution in [0.4, 0.5) is 5.69 Å². The first-order valence-electron chi connectivity index (χ1n) is 8.25. The van der Waals surface area contributed by atoms with Crippen molar-refractivity contribution in [2.45, 2.75) is 31.0 Å². The van der Waals surface area contributed by atoms with Gasteiger partial charge in [-0.2, -0.15) is 0 Å². The first-order chi connectivity index (χ1) is 12.5. The molecule has 0 aliphatic carbocycles. The molecular weight excluding hydrogens is 354 g/mol. The maximum absolute atomic E-state index is 12.3. The Hall–Kier alpha value is -2.61. The van der Waals surface area contributed by atoms with Gasteiger partial charge in [0.15, 0.2) is 5.16 Å². The van der Waals surface area contributed by atoms with Gasteiger partial charge in [-0.05, 0) is 30.7 Å². The van der Waals surface area contributed by atoms with Crippen LogP contribution in [-0.4, -0.2) is 34.3 Å². The molecule has 1 amide bonds. The number of benzene rings is 1. The molecule has 136 valence electrons. The van der Waals surface area contributed by atoms with Gasteiger partial charge < -0.3 is 10.1 Å². The molecule has 1 unspecified atom stereocenters. The van der Waals surface area contributed by atoms with E-state index in [1.54, 1.807) is 28.8 Å². The minimum Gasteiger partial charge on any atom is -0.465 e. The number of ether oxygens (including phenoxy) is 1. The number of rotatable bonds is 5. The third kappa shape index (κ3) is 3.80. The van der Waals surface area contributed by atoms with Crippen molar-refractivity contribution in [1.82, 2.24) is 9.55 Å². The zero-order chi connectivity index (χ0) is 18.7. The molecule has 0 saturated heterocycles. The lowest BCUT2D eigenvalue weighted by atomic mass is 10.2. The zero-order valence-electron chi connectivity index (χ0n) is 14.5. The highest BCUT2D eigenvalue weighted by atomic mass is 32.2. The Morgan fingerprint density at radius 1 is 1.35 bits per heavy atom. The third-order valence-corrected chi connectivity index (χ3v) is 5.21. The van der Waals surface area contributed by atoms with Crippen LogP contribution in [0, 0.1) is 0 Å². The van der Waals surface area contributed by atoms with Crippen LogP contribution in [0.15, 0.2) is 40.3 Å². The maximum atomic E-state index is 12.3. The second-order valence-electron chi connectivity index (χ2n) is 5.88. The predicted octanol–water partition coefficient (Wildman–Crippen LogP) is 2.27. The number of nitrogens with one attached hydrogen (secondary N) is 1. The Morgan fingerprint density at radius 2 is 2.08 bits per heavy atom. The Kier molecular flexibility index (Phi) is 5.41. The summed E-state index contributed by atoms with van der Waals surface area (Å²) in [6.45, 7) is 1.95. The van der Waals surface area contributed by atoms with E-state index in [1.807, 2.05) is 6.92 Å². The Bertz CT molecular complexity index is 892. The fraction of sp³-hybridized carbons (Fsp3) is 0.333. The Balaban J connectivity index is 1.67. The van der Waals surface area contributed by atoms with Crippen LogP contribution >= 0.6 is 11.8 Å². The van der Waals surface area contributed by atoms with Gasteiger partial charge in [0.05, 0.1) is 18.7 Å². The number of anilines is 1. The summed E-state index contributed by atoms with van der Waals surface area (Å²) in [6.07, 6.45) is 0.891. The molecule has 1 aliphatic heterocycles. The third-order valence-electron chi connectivity index (χ3n) is 4.12. The summed E-state index contributed by atoms with van der Waals surface area (Å²) >= 11 is 1.50. The van der Waals surface area contributed by atoms with Gasteiger partial charge in [0.2, 0.25) is 5.91 Å². The van der Waals surface area contributed by atoms with Crippen molar-refractivity contribution in [3.8, 4) is 0 Å². The van der Waals surface area contributed by atoms with Crippen molar-refractivity contribution >= 4 is 29.3 Å². The van der Waals surface area contributed by atoms with Crippen molar-refractivity contribution in [3.05, 3.63) is 51.9 Å². The van der Waals surface area contributed by atoms with Crippen LogP contribution in [0.1, 0.15) is 35.4 Å². The number of amides is 1. The van der Waals surface area contributed by atoms with Crippen LogP contribution < -0.4 is 10.9 Å². The van der Waals surface area contributed by atoms with Crippen LogP contribution in [0.5, 0.6) is 0 Å². The number of aromatic nitrogens is 2. The van der Waals surface area contributed by atoms with Gasteiger partial charge in [0, 0.05) is 29.6 Å². The maximum Gasteiger partial charge on any atom is 0.337 e. The van der Waals surface area contributed by atoms with E-state index in [1.165, 1.54) is 24.9 Å². The highest BCUT2D eigenvalue weighted by Gasteiger charge is 2.27. The quantitative estimate of drug-likeness (QED) is 0.639. The van der Waals surface area contributed by atoms with Crippen molar-refractivity contribution < 1.29 is 14.3 Å². The number of hydrogen-bond donors (Lipinski definition) is 1. The van der Waals surface area contributed by atoms with E-state index in [-0.39, 0.29) is 23.9 Å². The Morgan fingerprint density at radius 3 is 2.73 bits per heavy atom. The molecule has 2 heterocycles. The van der Waals surface area contributed by atoms with Gasteiger partial charge in [-0.15, -0.1) is 0 Å². The first kappa shape index (κ1) is 18.2. The topological polar surface area (TPSA) is 90.3 Å². The number of methoxy groups -OCH3 is 1. The van der Waals surface area contributed by atoms with Gasteiger partial charge in [-0.3, -0.25) is 14.2 Å². The van der Waals surface area contributed by atoms with E-state index >= 15 is 0 Å². The first-order valence-corrected chi connectivity index (χ1v) is 9.24. The summed E-state index contributed by atoms with van der Waals surface area (Å²) < 4.78 is 6.24. The average Bonchev–Trinajstić information content (AvgIpc) is 3.04. The van der Waals surface area contributed by atoms with Crippen LogP contribution in [0.2, 0.25) is 0 Å². The fourth-order valence-corrected chi connectivity index (χ4v) is 3.93. The van der Waals surface area contributed by atoms with Gasteiger partial charge in [-0.25, -0.2) is 9.78 Å². The summed E-state index contributed by atoms with van der Waals surface area (Å²) in [7, 11) is 1.32. The summed E-state index contributed by atoms with van der Waals surface area (Å²) in [5.74, 6) is 0.0194. The normalized spacial score (nSPS) is 15.4. The molecule has 1 aromatic heterocycles. The molecule has 1 atom stereocenters. The monoisotopic (exact) mass is 373 g/mol. The van der Waals surface area contributed by atoms with Gasteiger partial charge in [0.25, 0.3) is 5.56 Å². The second kappa shape index (κ2) is 7.74. The number of nitrogens with zero attached hydrogens (tertiary/aromatic N) is 2. The molecule has 1 N–H and O–H groups in total. The zero-order valence-corrected chi connectivity index (χ0v) is 15.3. The number of thioether (sulfide) groups is 1. The van der Waals surface area contributed by atoms with Crippen LogP contribution in [0.25, 0.3) is 0 Å². The number of hydrogen-bond acceptors (Lipinski definition) is 6. The molecule has 3 rings (SSSR count). The summed E-state index contributed by atoms with van der Waals surface area (Å²) in [5, 5.41) is 3.47. The van der Waals surface area contributed by atoms with Gasteiger partial charge in [-0.1, -0.05) is 18.7 Å². The molecule has 0 spiro atoms. The molecule has 26 heavy (non-hydrogen) atoms. The standard InChI is InChI=1S/C18H19N3O4S/c1-3-12-8-16(23)21-14(10-26-18(21)20-12)9-15(22)19-13-6-4-11(5-7-13)17(24)25-2/h4-8,14H,3,9-10H2,1-2H3,(H,19,22). The van der Waals surface area contributed by atoms with E-state index in [4.69, 9.17) is 0 Å². The van der Waals surface area contributed by atoms with Gasteiger partial charge >= 0.3 is 5.97 Å². The summed E-state index contributed by atoms with van der Waals surface area (Å²) in [6, 6.07) is 7.78. The van der Waals surface area contributed by atoms with E-state index in [0.717, 1.165) is 5.69 Å². The molecule has 8 heteroatoms. The van der Waals surface area contributed by atoms with Crippen LogP contribution in [-0.2, 0) is 16.0 Å². The molecule has 7 nitrogen and oxygen atoms in total. The van der Waals surface area contributed by atoms with E-state index in [0.29, 0.717) is 28.6 Å². The van der Waals surface area contributed by atoms with Gasteiger partial charge in [0.1, 0.15) is 0 Å². The lowest BCUT2D eigenvalue weighted by Gasteiger charge is -2.13. The molecular formula is C18H19N3O4S. The predicted molar refractivity (Wildman–Crippen MR) is 98.7 cm³/mol. The van der Waals surface area contributed by atoms with Crippen LogP contribution in [0.3, 0.4) is 0 Å². The van der Waals surface area contributed by atoms with Crippen molar-refractivity contribution in [2.75, 3.05) is 18.2 Å². The lowest BCUT2D eigenvalue weighted by molar-refractivity contribution is -0.116. The minimum atomic E-state index is -0.430. The number of aryl methyl sites for hydroxylation is 1. The van der Waals surface area contributed by atoms with Crippen molar-refractivity contribution in [1.29, 1.82) is 0 Å². The molecule has 1 aromatic carbocycles. The summed E-state index contributed by atoms with van der Waals surface area (Å²) in [4.78, 5) is 40.5. The molecule has 0 saturated carbocycles. The molecule has 2 aromatic rings. The van der Waals surface area contributed by atoms with Crippen molar-refractivity contribution in [3.63, 3.8) is 0 Å². The highest BCUT2D eigenvalue weighted by molar-refractivity contribution is 7.99. The van der Waals surface area contributed by atoms with E-state index < -0.39 is 5.97 Å². The minimum absolute atomic E-state index is 0.114. The molecule has 0 fully saturated rings. The largest absolute Gasteiger partial charge is 0.465 e. The highest BCUT2D eigenvalue weighted by Crippen LogP contribution is 2.32. The number of fused-ring (bicyclic) bond motifs is 1.